The molecule has 0 radical (unpaired) electrons. The summed E-state index contributed by atoms with van der Waals surface area (Å²) in [5, 5.41) is 0. The summed E-state index contributed by atoms with van der Waals surface area (Å²) in [7, 11) is 0. The lowest BCUT2D eigenvalue weighted by molar-refractivity contribution is 0.1000. The maximum absolute atomic E-state index is 13.0. The van der Waals surface area contributed by atoms with E-state index in [1.54, 1.807) is 18.2 Å². The van der Waals surface area contributed by atoms with Crippen molar-refractivity contribution >= 4 is 11.6 Å². The highest BCUT2D eigenvalue weighted by Gasteiger charge is 2.06. The number of nitrogen functional groups attached to an aromatic ring is 1. The second-order valence-electron chi connectivity index (χ2n) is 3.68. The minimum absolute atomic E-state index is 0.191. The van der Waals surface area contributed by atoms with Crippen LogP contribution in [-0.4, -0.2) is 5.91 Å². The van der Waals surface area contributed by atoms with E-state index in [4.69, 9.17) is 16.2 Å². The Balaban J connectivity index is 2.31. The quantitative estimate of drug-likeness (QED) is 0.815. The van der Waals surface area contributed by atoms with Crippen LogP contribution in [-0.2, 0) is 0 Å². The highest BCUT2D eigenvalue weighted by Crippen LogP contribution is 2.28. The molecule has 0 atom stereocenters. The zero-order valence-electron chi connectivity index (χ0n) is 9.39. The summed E-state index contributed by atoms with van der Waals surface area (Å²) in [6.45, 7) is 0. The molecule has 2 aromatic rings. The van der Waals surface area contributed by atoms with Gasteiger partial charge in [0.2, 0.25) is 5.91 Å². The van der Waals surface area contributed by atoms with Gasteiger partial charge in [-0.15, -0.1) is 0 Å². The van der Waals surface area contributed by atoms with Crippen molar-refractivity contribution in [2.24, 2.45) is 5.73 Å². The molecule has 0 aliphatic heterocycles. The van der Waals surface area contributed by atoms with Gasteiger partial charge in [-0.2, -0.15) is 0 Å². The Bertz CT molecular complexity index is 599. The number of anilines is 1. The first-order valence-electron chi connectivity index (χ1n) is 5.19. The summed E-state index contributed by atoms with van der Waals surface area (Å²) in [5.74, 6) is -0.460. The molecule has 0 aliphatic rings. The Labute approximate surface area is 103 Å². The molecule has 0 fully saturated rings. The van der Waals surface area contributed by atoms with Crippen molar-refractivity contribution in [2.45, 2.75) is 0 Å². The number of benzene rings is 2. The molecule has 5 heteroatoms. The van der Waals surface area contributed by atoms with E-state index in [2.05, 4.69) is 0 Å². The molecule has 4 N–H and O–H groups in total. The molecule has 1 amide bonds. The van der Waals surface area contributed by atoms with Crippen LogP contribution < -0.4 is 16.2 Å². The van der Waals surface area contributed by atoms with Crippen LogP contribution in [0.1, 0.15) is 10.4 Å². The maximum Gasteiger partial charge on any atom is 0.248 e. The van der Waals surface area contributed by atoms with E-state index in [-0.39, 0.29) is 5.75 Å². The third-order valence-electron chi connectivity index (χ3n) is 2.32. The Morgan fingerprint density at radius 3 is 2.67 bits per heavy atom. The molecule has 0 saturated carbocycles. The standard InChI is InChI=1S/C13H11FN2O2/c14-9-4-5-11(15)12(7-9)18-10-3-1-2-8(6-10)13(16)17/h1-7H,15H2,(H2,16,17). The van der Waals surface area contributed by atoms with Gasteiger partial charge in [-0.3, -0.25) is 4.79 Å². The summed E-state index contributed by atoms with van der Waals surface area (Å²) < 4.78 is 18.5. The molecular formula is C13H11FN2O2. The normalized spacial score (nSPS) is 10.1. The van der Waals surface area contributed by atoms with Crippen molar-refractivity contribution in [2.75, 3.05) is 5.73 Å². The van der Waals surface area contributed by atoms with Gasteiger partial charge in [0.25, 0.3) is 0 Å². The largest absolute Gasteiger partial charge is 0.455 e. The van der Waals surface area contributed by atoms with Gasteiger partial charge in [0, 0.05) is 11.6 Å². The van der Waals surface area contributed by atoms with E-state index >= 15 is 0 Å². The highest BCUT2D eigenvalue weighted by atomic mass is 19.1. The van der Waals surface area contributed by atoms with Crippen LogP contribution >= 0.6 is 0 Å². The summed E-state index contributed by atoms with van der Waals surface area (Å²) in [5.41, 5.74) is 11.4. The smallest absolute Gasteiger partial charge is 0.248 e. The zero-order chi connectivity index (χ0) is 13.1. The maximum atomic E-state index is 13.0. The molecular weight excluding hydrogens is 235 g/mol. The zero-order valence-corrected chi connectivity index (χ0v) is 9.39. The Morgan fingerprint density at radius 1 is 1.17 bits per heavy atom. The van der Waals surface area contributed by atoms with Crippen molar-refractivity contribution in [3.05, 3.63) is 53.8 Å². The van der Waals surface area contributed by atoms with Crippen LogP contribution in [0.5, 0.6) is 11.5 Å². The van der Waals surface area contributed by atoms with Crippen molar-refractivity contribution < 1.29 is 13.9 Å². The predicted octanol–water partition coefficient (Wildman–Crippen LogP) is 2.30. The molecule has 92 valence electrons. The van der Waals surface area contributed by atoms with E-state index in [0.717, 1.165) is 0 Å². The number of halogens is 1. The number of ether oxygens (including phenoxy) is 1. The van der Waals surface area contributed by atoms with Crippen molar-refractivity contribution in [1.82, 2.24) is 0 Å². The number of carbonyl (C=O) groups excluding carboxylic acids is 1. The molecule has 0 bridgehead atoms. The SMILES string of the molecule is NC(=O)c1cccc(Oc2cc(F)ccc2N)c1. The molecule has 2 aromatic carbocycles. The van der Waals surface area contributed by atoms with Gasteiger partial charge in [0.1, 0.15) is 11.6 Å². The molecule has 0 aromatic heterocycles. The van der Waals surface area contributed by atoms with Gasteiger partial charge >= 0.3 is 0 Å². The van der Waals surface area contributed by atoms with Gasteiger partial charge < -0.3 is 16.2 Å². The molecule has 18 heavy (non-hydrogen) atoms. The fourth-order valence-electron chi connectivity index (χ4n) is 1.44. The summed E-state index contributed by atoms with van der Waals surface area (Å²) in [4.78, 5) is 11.0. The van der Waals surface area contributed by atoms with Crippen molar-refractivity contribution in [1.29, 1.82) is 0 Å². The molecule has 4 nitrogen and oxygen atoms in total. The molecule has 0 aliphatic carbocycles. The van der Waals surface area contributed by atoms with Gasteiger partial charge in [0.05, 0.1) is 5.69 Å². The fourth-order valence-corrected chi connectivity index (χ4v) is 1.44. The summed E-state index contributed by atoms with van der Waals surface area (Å²) >= 11 is 0. The van der Waals surface area contributed by atoms with Gasteiger partial charge in [0.15, 0.2) is 5.75 Å². The Morgan fingerprint density at radius 2 is 1.94 bits per heavy atom. The van der Waals surface area contributed by atoms with Gasteiger partial charge in [-0.1, -0.05) is 6.07 Å². The van der Waals surface area contributed by atoms with E-state index in [1.807, 2.05) is 0 Å². The van der Waals surface area contributed by atoms with Crippen LogP contribution in [0.25, 0.3) is 0 Å². The van der Waals surface area contributed by atoms with Crippen LogP contribution in [0.2, 0.25) is 0 Å². The first-order chi connectivity index (χ1) is 8.56. The Hall–Kier alpha value is -2.56. The average molecular weight is 246 g/mol. The average Bonchev–Trinajstić information content (AvgIpc) is 2.34. The highest BCUT2D eigenvalue weighted by molar-refractivity contribution is 5.93. The van der Waals surface area contributed by atoms with E-state index in [0.29, 0.717) is 17.0 Å². The number of rotatable bonds is 3. The number of nitrogens with two attached hydrogens (primary N) is 2. The number of carbonyl (C=O) groups is 1. The Kier molecular flexibility index (Phi) is 3.14. The molecule has 0 unspecified atom stereocenters. The third-order valence-corrected chi connectivity index (χ3v) is 2.32. The minimum Gasteiger partial charge on any atom is -0.455 e. The fraction of sp³-hybridized carbons (Fsp3) is 0. The molecule has 0 heterocycles. The predicted molar refractivity (Wildman–Crippen MR) is 65.8 cm³/mol. The van der Waals surface area contributed by atoms with Gasteiger partial charge in [-0.25, -0.2) is 4.39 Å². The molecule has 0 saturated heterocycles. The monoisotopic (exact) mass is 246 g/mol. The first kappa shape index (κ1) is 11.9. The minimum atomic E-state index is -0.562. The summed E-state index contributed by atoms with van der Waals surface area (Å²) in [6.07, 6.45) is 0. The van der Waals surface area contributed by atoms with Crippen LogP contribution in [0, 0.1) is 5.82 Å². The van der Waals surface area contributed by atoms with E-state index in [9.17, 15) is 9.18 Å². The number of amides is 1. The van der Waals surface area contributed by atoms with Crippen LogP contribution in [0.15, 0.2) is 42.5 Å². The van der Waals surface area contributed by atoms with E-state index in [1.165, 1.54) is 24.3 Å². The van der Waals surface area contributed by atoms with Crippen molar-refractivity contribution in [3.63, 3.8) is 0 Å². The lowest BCUT2D eigenvalue weighted by atomic mass is 10.2. The number of primary amides is 1. The second-order valence-corrected chi connectivity index (χ2v) is 3.68. The summed E-state index contributed by atoms with van der Waals surface area (Å²) in [6, 6.07) is 10.1. The number of hydrogen-bond donors (Lipinski definition) is 2. The van der Waals surface area contributed by atoms with Crippen LogP contribution in [0.3, 0.4) is 0 Å². The third kappa shape index (κ3) is 2.57. The lowest BCUT2D eigenvalue weighted by Crippen LogP contribution is -2.10. The number of hydrogen-bond acceptors (Lipinski definition) is 3. The molecule has 2 rings (SSSR count). The van der Waals surface area contributed by atoms with Gasteiger partial charge in [-0.05, 0) is 30.3 Å². The van der Waals surface area contributed by atoms with Crippen molar-refractivity contribution in [3.8, 4) is 11.5 Å². The first-order valence-corrected chi connectivity index (χ1v) is 5.19. The lowest BCUT2D eigenvalue weighted by Gasteiger charge is -2.09. The second kappa shape index (κ2) is 4.75. The molecule has 0 spiro atoms. The van der Waals surface area contributed by atoms with Crippen LogP contribution in [0.4, 0.5) is 10.1 Å². The topological polar surface area (TPSA) is 78.3 Å². The van der Waals surface area contributed by atoms with E-state index < -0.39 is 11.7 Å².